The summed E-state index contributed by atoms with van der Waals surface area (Å²) < 4.78 is 0. The van der Waals surface area contributed by atoms with E-state index in [1.807, 2.05) is 12.1 Å². The molecule has 0 unspecified atom stereocenters. The molecule has 7 nitrogen and oxygen atoms in total. The van der Waals surface area contributed by atoms with Gasteiger partial charge in [0.2, 0.25) is 5.91 Å². The summed E-state index contributed by atoms with van der Waals surface area (Å²) in [5.74, 6) is 0.120. The number of carbonyl (C=O) groups excluding carboxylic acids is 1. The smallest absolute Gasteiger partial charge is 0.271 e. The fourth-order valence-electron chi connectivity index (χ4n) is 2.73. The van der Waals surface area contributed by atoms with Gasteiger partial charge in [-0.05, 0) is 36.8 Å². The van der Waals surface area contributed by atoms with Gasteiger partial charge in [-0.2, -0.15) is 5.26 Å². The highest BCUT2D eigenvalue weighted by molar-refractivity contribution is 7.99. The molecule has 3 rings (SSSR count). The van der Waals surface area contributed by atoms with Gasteiger partial charge in [-0.15, -0.1) is 11.8 Å². The Morgan fingerprint density at radius 2 is 1.97 bits per heavy atom. The number of amides is 1. The fourth-order valence-corrected chi connectivity index (χ4v) is 3.77. The van der Waals surface area contributed by atoms with E-state index in [1.54, 1.807) is 37.3 Å². The Kier molecular flexibility index (Phi) is 7.23. The first-order valence-electron chi connectivity index (χ1n) is 9.22. The summed E-state index contributed by atoms with van der Waals surface area (Å²) in [4.78, 5) is 27.3. The Morgan fingerprint density at radius 1 is 1.23 bits per heavy atom. The van der Waals surface area contributed by atoms with E-state index in [1.165, 1.54) is 23.9 Å². The Morgan fingerprint density at radius 3 is 2.65 bits per heavy atom. The molecule has 1 amide bonds. The quantitative estimate of drug-likeness (QED) is 0.283. The molecule has 0 saturated carbocycles. The van der Waals surface area contributed by atoms with Crippen LogP contribution in [0.3, 0.4) is 0 Å². The standard InChI is InChI=1S/C22H17ClN4O3S/c1-14-2-8-18(27(29)30)12-20(14)25-21(28)10-11-31-22-16(13-24)5-9-19(26-22)15-3-6-17(23)7-4-15/h2-9,12H,10-11H2,1H3,(H,25,28). The van der Waals surface area contributed by atoms with E-state index >= 15 is 0 Å². The number of pyridine rings is 1. The second kappa shape index (κ2) is 10.1. The van der Waals surface area contributed by atoms with Crippen molar-refractivity contribution in [1.29, 1.82) is 5.26 Å². The van der Waals surface area contributed by atoms with E-state index < -0.39 is 4.92 Å². The lowest BCUT2D eigenvalue weighted by Crippen LogP contribution is -2.13. The number of nitro groups is 1. The van der Waals surface area contributed by atoms with Crippen LogP contribution < -0.4 is 5.32 Å². The average Bonchev–Trinajstić information content (AvgIpc) is 2.75. The lowest BCUT2D eigenvalue weighted by Gasteiger charge is -2.09. The minimum Gasteiger partial charge on any atom is -0.326 e. The molecule has 3 aromatic rings. The molecule has 9 heteroatoms. The molecule has 0 bridgehead atoms. The van der Waals surface area contributed by atoms with Crippen molar-refractivity contribution in [1.82, 2.24) is 4.98 Å². The Bertz CT molecular complexity index is 1180. The molecule has 2 aromatic carbocycles. The van der Waals surface area contributed by atoms with Crippen LogP contribution in [-0.2, 0) is 4.79 Å². The van der Waals surface area contributed by atoms with E-state index in [9.17, 15) is 20.2 Å². The van der Waals surface area contributed by atoms with Crippen molar-refractivity contribution in [2.24, 2.45) is 0 Å². The van der Waals surface area contributed by atoms with E-state index in [0.717, 1.165) is 11.1 Å². The molecule has 0 aliphatic heterocycles. The number of nitrogens with zero attached hydrogens (tertiary/aromatic N) is 3. The number of non-ortho nitro benzene ring substituents is 1. The maximum atomic E-state index is 12.3. The number of benzene rings is 2. The minimum atomic E-state index is -0.506. The van der Waals surface area contributed by atoms with Crippen LogP contribution in [0, 0.1) is 28.4 Å². The Hall–Kier alpha value is -3.41. The van der Waals surface area contributed by atoms with Gasteiger partial charge in [-0.25, -0.2) is 4.98 Å². The third-order valence-electron chi connectivity index (χ3n) is 4.39. The molecule has 0 aliphatic rings. The zero-order valence-electron chi connectivity index (χ0n) is 16.5. The van der Waals surface area contributed by atoms with Crippen LogP contribution in [0.1, 0.15) is 17.5 Å². The molecular weight excluding hydrogens is 436 g/mol. The van der Waals surface area contributed by atoms with Crippen LogP contribution >= 0.6 is 23.4 Å². The summed E-state index contributed by atoms with van der Waals surface area (Å²) in [7, 11) is 0. The second-order valence-corrected chi connectivity index (χ2v) is 8.09. The van der Waals surface area contributed by atoms with Crippen LogP contribution in [0.2, 0.25) is 5.02 Å². The van der Waals surface area contributed by atoms with Gasteiger partial charge in [0.1, 0.15) is 11.1 Å². The third-order valence-corrected chi connectivity index (χ3v) is 5.64. The molecule has 156 valence electrons. The van der Waals surface area contributed by atoms with Crippen molar-refractivity contribution in [3.05, 3.63) is 80.9 Å². The highest BCUT2D eigenvalue weighted by Crippen LogP contribution is 2.27. The number of halogens is 1. The fraction of sp³-hybridized carbons (Fsp3) is 0.136. The number of nitrogens with one attached hydrogen (secondary N) is 1. The van der Waals surface area contributed by atoms with Gasteiger partial charge in [0.05, 0.1) is 21.9 Å². The molecule has 1 heterocycles. The highest BCUT2D eigenvalue weighted by atomic mass is 35.5. The van der Waals surface area contributed by atoms with Crippen LogP contribution in [0.4, 0.5) is 11.4 Å². The number of aryl methyl sites for hydroxylation is 1. The van der Waals surface area contributed by atoms with E-state index in [2.05, 4.69) is 16.4 Å². The Balaban J connectivity index is 1.66. The number of hydrogen-bond acceptors (Lipinski definition) is 6. The lowest BCUT2D eigenvalue weighted by molar-refractivity contribution is -0.384. The predicted molar refractivity (Wildman–Crippen MR) is 121 cm³/mol. The third kappa shape index (κ3) is 5.81. The molecule has 0 radical (unpaired) electrons. The summed E-state index contributed by atoms with van der Waals surface area (Å²) in [6.07, 6.45) is 0.157. The van der Waals surface area contributed by atoms with Gasteiger partial charge in [0.15, 0.2) is 0 Å². The monoisotopic (exact) mass is 452 g/mol. The zero-order valence-corrected chi connectivity index (χ0v) is 18.0. The second-order valence-electron chi connectivity index (χ2n) is 6.57. The molecular formula is C22H17ClN4O3S. The number of thioether (sulfide) groups is 1. The number of anilines is 1. The molecule has 31 heavy (non-hydrogen) atoms. The van der Waals surface area contributed by atoms with Crippen LogP contribution in [0.15, 0.2) is 59.6 Å². The lowest BCUT2D eigenvalue weighted by atomic mass is 10.1. The number of hydrogen-bond donors (Lipinski definition) is 1. The van der Waals surface area contributed by atoms with Crippen molar-refractivity contribution in [2.45, 2.75) is 18.4 Å². The number of aromatic nitrogens is 1. The number of carbonyl (C=O) groups is 1. The van der Waals surface area contributed by atoms with Crippen LogP contribution in [-0.4, -0.2) is 21.6 Å². The first kappa shape index (κ1) is 22.3. The van der Waals surface area contributed by atoms with Crippen LogP contribution in [0.25, 0.3) is 11.3 Å². The average molecular weight is 453 g/mol. The Labute approximate surface area is 188 Å². The molecule has 0 aliphatic carbocycles. The van der Waals surface area contributed by atoms with Crippen molar-refractivity contribution in [3.63, 3.8) is 0 Å². The van der Waals surface area contributed by atoms with Crippen molar-refractivity contribution < 1.29 is 9.72 Å². The van der Waals surface area contributed by atoms with Gasteiger partial charge < -0.3 is 5.32 Å². The van der Waals surface area contributed by atoms with Gasteiger partial charge in [0, 0.05) is 34.9 Å². The minimum absolute atomic E-state index is 0.0860. The molecule has 0 spiro atoms. The normalized spacial score (nSPS) is 10.4. The first-order valence-corrected chi connectivity index (χ1v) is 10.6. The van der Waals surface area contributed by atoms with Crippen molar-refractivity contribution >= 4 is 40.6 Å². The summed E-state index contributed by atoms with van der Waals surface area (Å²) in [6.45, 7) is 1.76. The maximum Gasteiger partial charge on any atom is 0.271 e. The number of rotatable bonds is 7. The summed E-state index contributed by atoms with van der Waals surface area (Å²) >= 11 is 7.24. The van der Waals surface area contributed by atoms with E-state index in [0.29, 0.717) is 32.7 Å². The summed E-state index contributed by atoms with van der Waals surface area (Å²) in [5, 5.41) is 24.2. The highest BCUT2D eigenvalue weighted by Gasteiger charge is 2.13. The number of nitriles is 1. The number of nitro benzene ring substituents is 1. The zero-order chi connectivity index (χ0) is 22.4. The van der Waals surface area contributed by atoms with E-state index in [4.69, 9.17) is 11.6 Å². The molecule has 0 atom stereocenters. The topological polar surface area (TPSA) is 109 Å². The summed E-state index contributed by atoms with van der Waals surface area (Å²) in [5.41, 5.74) is 3.06. The largest absolute Gasteiger partial charge is 0.326 e. The van der Waals surface area contributed by atoms with Gasteiger partial charge in [-0.1, -0.05) is 29.8 Å². The molecule has 0 fully saturated rings. The molecule has 1 aromatic heterocycles. The summed E-state index contributed by atoms with van der Waals surface area (Å²) in [6, 6.07) is 17.1. The SMILES string of the molecule is Cc1ccc([N+](=O)[O-])cc1NC(=O)CCSc1nc(-c2ccc(Cl)cc2)ccc1C#N. The van der Waals surface area contributed by atoms with Crippen molar-refractivity contribution in [2.75, 3.05) is 11.1 Å². The van der Waals surface area contributed by atoms with Crippen molar-refractivity contribution in [3.8, 4) is 17.3 Å². The van der Waals surface area contributed by atoms with E-state index in [-0.39, 0.29) is 18.0 Å². The predicted octanol–water partition coefficient (Wildman–Crippen LogP) is 5.61. The maximum absolute atomic E-state index is 12.3. The molecule has 1 N–H and O–H groups in total. The first-order chi connectivity index (χ1) is 14.9. The van der Waals surface area contributed by atoms with Gasteiger partial charge in [-0.3, -0.25) is 14.9 Å². The van der Waals surface area contributed by atoms with Gasteiger partial charge in [0.25, 0.3) is 5.69 Å². The van der Waals surface area contributed by atoms with Crippen LogP contribution in [0.5, 0.6) is 0 Å². The molecule has 0 saturated heterocycles. The van der Waals surface area contributed by atoms with Gasteiger partial charge >= 0.3 is 0 Å².